The number of unbranched alkanes of at least 4 members (excludes halogenated alkanes) is 1. The van der Waals surface area contributed by atoms with Crippen molar-refractivity contribution in [1.82, 2.24) is 20.5 Å². The van der Waals surface area contributed by atoms with Crippen LogP contribution < -0.4 is 20.9 Å². The molecule has 3 aliphatic heterocycles. The second-order valence-corrected chi connectivity index (χ2v) is 16.1. The lowest BCUT2D eigenvalue weighted by molar-refractivity contribution is -0.146. The number of piperidine rings is 3. The van der Waals surface area contributed by atoms with E-state index >= 15 is 0 Å². The predicted octanol–water partition coefficient (Wildman–Crippen LogP) is 6.40. The number of carbonyl (C=O) groups excluding carboxylic acids is 2. The van der Waals surface area contributed by atoms with Crippen LogP contribution in [-0.4, -0.2) is 77.6 Å². The standard InChI is InChI=1S/C47H52N4O8/c52-39-17-15-37(38-16-18-42(54)49-44(38)39)40(53)28-48-23-4-5-26-57-45(55)47(21-22-47)35-13-11-31(12-14-35)30-58-36-10-6-9-34(27-36)43(33-7-2-1-3-8-33)50-46(56)59-41-29-51-24-19-32(41)20-25-51/h1-3,6-18,27,32,40-41,43,48,52-53H,4-5,19-26,28-30H2,(H,49,54)(H,50,56)/t40-,41+,43?/m1/s1. The minimum atomic E-state index is -0.834. The number of aromatic hydroxyl groups is 1. The Morgan fingerprint density at radius 2 is 1.68 bits per heavy atom. The number of ether oxygens (including phenoxy) is 3. The Balaban J connectivity index is 0.789. The number of alkyl carbamates (subject to hydrolysis) is 1. The van der Waals surface area contributed by atoms with Gasteiger partial charge in [0.2, 0.25) is 5.56 Å². The van der Waals surface area contributed by atoms with Gasteiger partial charge >= 0.3 is 12.1 Å². The molecular formula is C47H52N4O8. The quantitative estimate of drug-likeness (QED) is 0.0526. The van der Waals surface area contributed by atoms with Crippen LogP contribution in [0.4, 0.5) is 4.79 Å². The van der Waals surface area contributed by atoms with Gasteiger partial charge in [-0.15, -0.1) is 0 Å². The molecule has 5 aromatic rings. The molecule has 59 heavy (non-hydrogen) atoms. The number of aromatic amines is 1. The SMILES string of the molecule is O=C(NC(c1ccccc1)c1cccc(OCc2ccc(C3(C(=O)OCCCCNC[C@@H](O)c4ccc(O)c5[nH]c(=O)ccc45)CC3)cc2)c1)O[C@H]1CN2CCC1CC2. The summed E-state index contributed by atoms with van der Waals surface area (Å²) in [5.74, 6) is 0.854. The first-order valence-electron chi connectivity index (χ1n) is 20.7. The Morgan fingerprint density at radius 1 is 0.898 bits per heavy atom. The van der Waals surface area contributed by atoms with Crippen LogP contribution in [0.5, 0.6) is 11.5 Å². The summed E-state index contributed by atoms with van der Waals surface area (Å²) in [5.41, 5.74) is 3.72. The molecule has 3 saturated heterocycles. The van der Waals surface area contributed by atoms with Gasteiger partial charge in [0.05, 0.1) is 29.7 Å². The number of nitrogens with one attached hydrogen (secondary N) is 3. The first kappa shape index (κ1) is 40.1. The summed E-state index contributed by atoms with van der Waals surface area (Å²) in [5, 5.41) is 27.8. The summed E-state index contributed by atoms with van der Waals surface area (Å²) in [6, 6.07) is 31.3. The molecule has 4 fully saturated rings. The van der Waals surface area contributed by atoms with Crippen molar-refractivity contribution in [2.24, 2.45) is 5.92 Å². The Labute approximate surface area is 343 Å². The molecule has 12 nitrogen and oxygen atoms in total. The maximum atomic E-state index is 13.3. The Bertz CT molecular complexity index is 2290. The fourth-order valence-electron chi connectivity index (χ4n) is 8.50. The predicted molar refractivity (Wildman–Crippen MR) is 223 cm³/mol. The molecule has 0 spiro atoms. The third-order valence-electron chi connectivity index (χ3n) is 12.1. The van der Waals surface area contributed by atoms with Crippen LogP contribution in [0.15, 0.2) is 108 Å². The molecule has 1 saturated carbocycles. The molecule has 3 atom stereocenters. The fourth-order valence-corrected chi connectivity index (χ4v) is 8.50. The number of hydrogen-bond acceptors (Lipinski definition) is 10. The van der Waals surface area contributed by atoms with Crippen LogP contribution in [0.3, 0.4) is 0 Å². The van der Waals surface area contributed by atoms with Gasteiger partial charge in [0, 0.05) is 24.5 Å². The maximum absolute atomic E-state index is 13.3. The molecule has 4 aromatic carbocycles. The smallest absolute Gasteiger partial charge is 0.408 e. The first-order chi connectivity index (χ1) is 28.8. The molecule has 12 heteroatoms. The van der Waals surface area contributed by atoms with Gasteiger partial charge in [-0.3, -0.25) is 14.5 Å². The summed E-state index contributed by atoms with van der Waals surface area (Å²) >= 11 is 0. The van der Waals surface area contributed by atoms with Crippen LogP contribution >= 0.6 is 0 Å². The van der Waals surface area contributed by atoms with Gasteiger partial charge in [-0.05, 0) is 116 Å². The molecular weight excluding hydrogens is 749 g/mol. The molecule has 4 aliphatic rings. The zero-order valence-electron chi connectivity index (χ0n) is 33.1. The van der Waals surface area contributed by atoms with Gasteiger partial charge in [0.25, 0.3) is 0 Å². The lowest BCUT2D eigenvalue weighted by Gasteiger charge is -2.43. The van der Waals surface area contributed by atoms with E-state index in [1.807, 2.05) is 78.9 Å². The van der Waals surface area contributed by atoms with Gasteiger partial charge in [-0.25, -0.2) is 4.79 Å². The summed E-state index contributed by atoms with van der Waals surface area (Å²) in [6.45, 7) is 4.53. The van der Waals surface area contributed by atoms with Crippen LogP contribution in [0, 0.1) is 5.92 Å². The average Bonchev–Trinajstić information content (AvgIpc) is 4.08. The topological polar surface area (TPSA) is 162 Å². The van der Waals surface area contributed by atoms with E-state index in [4.69, 9.17) is 14.2 Å². The molecule has 2 bridgehead atoms. The number of phenolic OH excluding ortho intramolecular Hbond substituents is 1. The van der Waals surface area contributed by atoms with E-state index in [0.29, 0.717) is 60.9 Å². The number of fused-ring (bicyclic) bond motifs is 4. The summed E-state index contributed by atoms with van der Waals surface area (Å²) in [4.78, 5) is 43.2. The van der Waals surface area contributed by atoms with Crippen LogP contribution in [-0.2, 0) is 26.3 Å². The van der Waals surface area contributed by atoms with E-state index in [1.54, 1.807) is 12.1 Å². The lowest BCUT2D eigenvalue weighted by Crippen LogP contribution is -2.52. The molecule has 1 aromatic heterocycles. The van der Waals surface area contributed by atoms with E-state index in [-0.39, 0.29) is 23.4 Å². The highest BCUT2D eigenvalue weighted by atomic mass is 16.6. The number of aromatic nitrogens is 1. The van der Waals surface area contributed by atoms with Crippen molar-refractivity contribution >= 4 is 23.0 Å². The van der Waals surface area contributed by atoms with E-state index in [1.165, 1.54) is 12.1 Å². The Morgan fingerprint density at radius 3 is 2.42 bits per heavy atom. The number of aliphatic hydroxyl groups is 1. The zero-order chi connectivity index (χ0) is 40.8. The minimum absolute atomic E-state index is 0.0483. The van der Waals surface area contributed by atoms with Crippen LogP contribution in [0.2, 0.25) is 0 Å². The van der Waals surface area contributed by atoms with Crippen molar-refractivity contribution in [2.45, 2.75) is 68.8 Å². The second kappa shape index (κ2) is 18.1. The van der Waals surface area contributed by atoms with Gasteiger partial charge in [0.1, 0.15) is 24.2 Å². The summed E-state index contributed by atoms with van der Waals surface area (Å²) < 4.78 is 18.0. The fraction of sp³-hybridized carbons (Fsp3) is 0.383. The van der Waals surface area contributed by atoms with Gasteiger partial charge in [-0.1, -0.05) is 72.8 Å². The summed E-state index contributed by atoms with van der Waals surface area (Å²) in [6.07, 6.45) is 3.74. The van der Waals surface area contributed by atoms with Crippen molar-refractivity contribution in [2.75, 3.05) is 39.3 Å². The lowest BCUT2D eigenvalue weighted by atomic mass is 9.86. The summed E-state index contributed by atoms with van der Waals surface area (Å²) in [7, 11) is 0. The van der Waals surface area contributed by atoms with Gasteiger partial charge < -0.3 is 40.0 Å². The molecule has 1 aliphatic carbocycles. The molecule has 308 valence electrons. The highest BCUT2D eigenvalue weighted by Gasteiger charge is 2.52. The number of phenols is 1. The Kier molecular flexibility index (Phi) is 12.3. The maximum Gasteiger partial charge on any atom is 0.408 e. The second-order valence-electron chi connectivity index (χ2n) is 16.1. The highest BCUT2D eigenvalue weighted by molar-refractivity contribution is 5.87. The van der Waals surface area contributed by atoms with E-state index in [0.717, 1.165) is 74.0 Å². The molecule has 5 N–H and O–H groups in total. The molecule has 9 rings (SSSR count). The van der Waals surface area contributed by atoms with E-state index in [9.17, 15) is 24.6 Å². The molecule has 0 radical (unpaired) electrons. The van der Waals surface area contributed by atoms with Crippen molar-refractivity contribution in [3.8, 4) is 11.5 Å². The molecule has 4 heterocycles. The molecule has 1 amide bonds. The third-order valence-corrected chi connectivity index (χ3v) is 12.1. The monoisotopic (exact) mass is 800 g/mol. The van der Waals surface area contributed by atoms with Gasteiger partial charge in [0.15, 0.2) is 0 Å². The normalized spacial score (nSPS) is 20.1. The largest absolute Gasteiger partial charge is 0.506 e. The highest BCUT2D eigenvalue weighted by Crippen LogP contribution is 2.49. The van der Waals surface area contributed by atoms with Crippen molar-refractivity contribution in [1.29, 1.82) is 0 Å². The van der Waals surface area contributed by atoms with Crippen molar-refractivity contribution < 1.29 is 34.0 Å². The first-order valence-corrected chi connectivity index (χ1v) is 20.7. The number of pyridine rings is 1. The average molecular weight is 801 g/mol. The number of amides is 1. The third kappa shape index (κ3) is 9.46. The van der Waals surface area contributed by atoms with Crippen molar-refractivity contribution in [3.05, 3.63) is 141 Å². The number of hydrogen-bond donors (Lipinski definition) is 5. The zero-order valence-corrected chi connectivity index (χ0v) is 33.1. The number of benzene rings is 4. The number of aliphatic hydroxyl groups excluding tert-OH is 1. The minimum Gasteiger partial charge on any atom is -0.506 e. The number of rotatable bonds is 17. The van der Waals surface area contributed by atoms with Crippen molar-refractivity contribution in [3.63, 3.8) is 0 Å². The number of carbonyl (C=O) groups is 2. The van der Waals surface area contributed by atoms with Gasteiger partial charge in [-0.2, -0.15) is 0 Å². The van der Waals surface area contributed by atoms with Crippen LogP contribution in [0.1, 0.15) is 78.5 Å². The number of esters is 1. The molecule has 1 unspecified atom stereocenters. The Hall–Kier alpha value is -5.69. The number of H-pyrrole nitrogens is 1. The number of nitrogens with zero attached hydrogens (tertiary/aromatic N) is 1. The van der Waals surface area contributed by atoms with E-state index in [2.05, 4.69) is 20.5 Å². The van der Waals surface area contributed by atoms with E-state index < -0.39 is 23.7 Å². The van der Waals surface area contributed by atoms with Crippen LogP contribution in [0.25, 0.3) is 10.9 Å².